The van der Waals surface area contributed by atoms with Gasteiger partial charge in [0.05, 0.1) is 6.54 Å². The highest BCUT2D eigenvalue weighted by atomic mass is 16.3. The zero-order chi connectivity index (χ0) is 20.4. The lowest BCUT2D eigenvalue weighted by Crippen LogP contribution is -2.52. The van der Waals surface area contributed by atoms with Gasteiger partial charge in [-0.25, -0.2) is 4.79 Å². The molecule has 0 bridgehead atoms. The molecule has 2 aliphatic heterocycles. The zero-order valence-corrected chi connectivity index (χ0v) is 16.3. The Morgan fingerprint density at radius 3 is 2.52 bits per heavy atom. The van der Waals surface area contributed by atoms with Crippen LogP contribution >= 0.6 is 0 Å². The Morgan fingerprint density at radius 1 is 1.14 bits per heavy atom. The molecule has 8 heteroatoms. The van der Waals surface area contributed by atoms with Gasteiger partial charge < -0.3 is 10.4 Å². The minimum Gasteiger partial charge on any atom is -0.508 e. The molecular formula is C21H26N4O4. The van der Waals surface area contributed by atoms with Crippen LogP contribution in [0.1, 0.15) is 44.1 Å². The van der Waals surface area contributed by atoms with E-state index in [-0.39, 0.29) is 24.1 Å². The third kappa shape index (κ3) is 3.98. The number of aromatic hydroxyl groups is 1. The van der Waals surface area contributed by atoms with Gasteiger partial charge in [0.2, 0.25) is 0 Å². The van der Waals surface area contributed by atoms with E-state index < -0.39 is 11.6 Å². The number of hydrazine groups is 1. The van der Waals surface area contributed by atoms with Gasteiger partial charge in [-0.05, 0) is 42.5 Å². The van der Waals surface area contributed by atoms with Crippen molar-refractivity contribution in [3.63, 3.8) is 0 Å². The first kappa shape index (κ1) is 19.4. The number of imide groups is 1. The molecule has 4 amide bonds. The molecule has 8 nitrogen and oxygen atoms in total. The van der Waals surface area contributed by atoms with E-state index in [1.807, 2.05) is 17.0 Å². The second kappa shape index (κ2) is 7.87. The lowest BCUT2D eigenvalue weighted by Gasteiger charge is -2.30. The molecule has 1 aromatic carbocycles. The van der Waals surface area contributed by atoms with E-state index in [2.05, 4.69) is 16.8 Å². The van der Waals surface area contributed by atoms with Crippen molar-refractivity contribution in [1.82, 2.24) is 20.7 Å². The van der Waals surface area contributed by atoms with Gasteiger partial charge in [0.15, 0.2) is 0 Å². The Balaban J connectivity index is 1.32. The van der Waals surface area contributed by atoms with Crippen LogP contribution in [-0.4, -0.2) is 58.0 Å². The highest BCUT2D eigenvalue weighted by molar-refractivity contribution is 6.08. The first-order valence-electron chi connectivity index (χ1n) is 10.1. The fourth-order valence-corrected chi connectivity index (χ4v) is 4.37. The molecule has 3 N–H and O–H groups in total. The number of benzene rings is 1. The molecule has 29 heavy (non-hydrogen) atoms. The van der Waals surface area contributed by atoms with E-state index in [9.17, 15) is 19.5 Å². The summed E-state index contributed by atoms with van der Waals surface area (Å²) >= 11 is 0. The van der Waals surface area contributed by atoms with E-state index in [1.54, 1.807) is 12.1 Å². The first-order valence-corrected chi connectivity index (χ1v) is 10.1. The third-order valence-electron chi connectivity index (χ3n) is 6.00. The average Bonchev–Trinajstić information content (AvgIpc) is 2.94. The summed E-state index contributed by atoms with van der Waals surface area (Å²) in [5.74, 6) is -0.481. The van der Waals surface area contributed by atoms with Gasteiger partial charge in [0, 0.05) is 13.1 Å². The quantitative estimate of drug-likeness (QED) is 0.671. The Hall–Kier alpha value is -2.87. The van der Waals surface area contributed by atoms with Crippen LogP contribution in [0.4, 0.5) is 4.79 Å². The SMILES string of the molecule is O=C(CN1CC=C(c2ccc(O)cc2)CC1)NN1C(=O)NC2(CCCCC2)C1=O. The predicted molar refractivity (Wildman–Crippen MR) is 106 cm³/mol. The van der Waals surface area contributed by atoms with Crippen LogP contribution in [0.5, 0.6) is 5.75 Å². The summed E-state index contributed by atoms with van der Waals surface area (Å²) in [6, 6.07) is 6.53. The van der Waals surface area contributed by atoms with E-state index in [1.165, 1.54) is 5.57 Å². The van der Waals surface area contributed by atoms with Crippen LogP contribution in [-0.2, 0) is 9.59 Å². The van der Waals surface area contributed by atoms with Crippen LogP contribution in [0.25, 0.3) is 5.57 Å². The maximum absolute atomic E-state index is 12.7. The number of hydrogen-bond acceptors (Lipinski definition) is 5. The summed E-state index contributed by atoms with van der Waals surface area (Å²) in [5, 5.41) is 13.0. The minimum atomic E-state index is -0.838. The maximum atomic E-state index is 12.7. The molecule has 0 radical (unpaired) electrons. The van der Waals surface area contributed by atoms with Crippen molar-refractivity contribution in [2.75, 3.05) is 19.6 Å². The fraction of sp³-hybridized carbons (Fsp3) is 0.476. The Morgan fingerprint density at radius 2 is 1.86 bits per heavy atom. The number of amides is 4. The summed E-state index contributed by atoms with van der Waals surface area (Å²) in [6.45, 7) is 1.42. The molecule has 0 atom stereocenters. The van der Waals surface area contributed by atoms with Gasteiger partial charge in [-0.1, -0.05) is 37.5 Å². The number of nitrogens with zero attached hydrogens (tertiary/aromatic N) is 2. The molecule has 0 aromatic heterocycles. The standard InChI is InChI=1S/C21H26N4O4/c26-17-6-4-15(5-7-17)16-8-12-24(13-9-16)14-18(27)23-25-19(28)21(22-20(25)29)10-2-1-3-11-21/h4-8,26H,1-3,9-14H2,(H,22,29)(H,23,27). The summed E-state index contributed by atoms with van der Waals surface area (Å²) in [4.78, 5) is 39.4. The largest absolute Gasteiger partial charge is 0.508 e. The lowest BCUT2D eigenvalue weighted by atomic mass is 9.82. The van der Waals surface area contributed by atoms with Crippen molar-refractivity contribution in [2.45, 2.75) is 44.1 Å². The number of urea groups is 1. The van der Waals surface area contributed by atoms with Crippen molar-refractivity contribution in [1.29, 1.82) is 0 Å². The number of hydrogen-bond donors (Lipinski definition) is 3. The van der Waals surface area contributed by atoms with Gasteiger partial charge in [-0.2, -0.15) is 5.01 Å². The zero-order valence-electron chi connectivity index (χ0n) is 16.3. The van der Waals surface area contributed by atoms with Crippen LogP contribution in [0.3, 0.4) is 0 Å². The number of carbonyl (C=O) groups is 3. The fourth-order valence-electron chi connectivity index (χ4n) is 4.37. The average molecular weight is 398 g/mol. The van der Waals surface area contributed by atoms with Gasteiger partial charge in [0.1, 0.15) is 11.3 Å². The van der Waals surface area contributed by atoms with Gasteiger partial charge in [-0.3, -0.25) is 19.9 Å². The van der Waals surface area contributed by atoms with E-state index in [0.717, 1.165) is 36.3 Å². The van der Waals surface area contributed by atoms with E-state index >= 15 is 0 Å². The van der Waals surface area contributed by atoms with E-state index in [0.29, 0.717) is 25.9 Å². The normalized spacial score (nSPS) is 21.8. The molecule has 1 saturated carbocycles. The van der Waals surface area contributed by atoms with Gasteiger partial charge >= 0.3 is 6.03 Å². The highest BCUT2D eigenvalue weighted by Gasteiger charge is 2.52. The lowest BCUT2D eigenvalue weighted by molar-refractivity contribution is -0.140. The second-order valence-electron chi connectivity index (χ2n) is 8.01. The summed E-state index contributed by atoms with van der Waals surface area (Å²) in [6.07, 6.45) is 6.96. The maximum Gasteiger partial charge on any atom is 0.344 e. The van der Waals surface area contributed by atoms with Crippen LogP contribution in [0.15, 0.2) is 30.3 Å². The van der Waals surface area contributed by atoms with Crippen LogP contribution in [0.2, 0.25) is 0 Å². The molecule has 154 valence electrons. The second-order valence-corrected chi connectivity index (χ2v) is 8.01. The Bertz CT molecular complexity index is 843. The van der Waals surface area contributed by atoms with Crippen molar-refractivity contribution in [2.24, 2.45) is 0 Å². The van der Waals surface area contributed by atoms with Crippen LogP contribution < -0.4 is 10.7 Å². The molecule has 1 aromatic rings. The van der Waals surface area contributed by atoms with Crippen molar-refractivity contribution < 1.29 is 19.5 Å². The summed E-state index contributed by atoms with van der Waals surface area (Å²) < 4.78 is 0. The molecule has 1 aliphatic carbocycles. The number of phenols is 1. The summed E-state index contributed by atoms with van der Waals surface area (Å²) in [7, 11) is 0. The Labute approximate surface area is 169 Å². The smallest absolute Gasteiger partial charge is 0.344 e. The Kier molecular flexibility index (Phi) is 5.27. The highest BCUT2D eigenvalue weighted by Crippen LogP contribution is 2.33. The first-order chi connectivity index (χ1) is 14.0. The van der Waals surface area contributed by atoms with E-state index in [4.69, 9.17) is 0 Å². The minimum absolute atomic E-state index is 0.115. The van der Waals surface area contributed by atoms with Crippen molar-refractivity contribution in [3.8, 4) is 5.75 Å². The van der Waals surface area contributed by atoms with Crippen LogP contribution in [0, 0.1) is 0 Å². The number of phenolic OH excluding ortho intramolecular Hbond substituents is 1. The molecule has 2 heterocycles. The molecule has 1 spiro atoms. The monoisotopic (exact) mass is 398 g/mol. The number of nitrogens with one attached hydrogen (secondary N) is 2. The molecule has 0 unspecified atom stereocenters. The van der Waals surface area contributed by atoms with Gasteiger partial charge in [0.25, 0.3) is 11.8 Å². The summed E-state index contributed by atoms with van der Waals surface area (Å²) in [5.41, 5.74) is 3.89. The topological polar surface area (TPSA) is 102 Å². The van der Waals surface area contributed by atoms with Gasteiger partial charge in [-0.15, -0.1) is 0 Å². The molecule has 1 saturated heterocycles. The molecule has 4 rings (SSSR count). The molecule has 3 aliphatic rings. The predicted octanol–water partition coefficient (Wildman–Crippen LogP) is 1.77. The third-order valence-corrected chi connectivity index (χ3v) is 6.00. The molecular weight excluding hydrogens is 372 g/mol. The van der Waals surface area contributed by atoms with Crippen molar-refractivity contribution >= 4 is 23.4 Å². The molecule has 2 fully saturated rings. The number of carbonyl (C=O) groups excluding carboxylic acids is 3. The van der Waals surface area contributed by atoms with Crippen molar-refractivity contribution in [3.05, 3.63) is 35.9 Å². The number of rotatable bonds is 4.